The molecule has 2 aromatic rings. The number of phenols is 2. The first-order valence-electron chi connectivity index (χ1n) is 17.2. The Labute approximate surface area is 300 Å². The van der Waals surface area contributed by atoms with Crippen LogP contribution in [0.15, 0.2) is 29.3 Å². The van der Waals surface area contributed by atoms with Crippen LogP contribution < -0.4 is 14.2 Å². The van der Waals surface area contributed by atoms with Crippen LogP contribution in [0.4, 0.5) is 0 Å². The standard InChI is InChI=1S/C36H38O17/c1-9-19-22(25(40)11(3)48-9)28(43)23-21(27(19)42)15(39)7-17-32(23)52-34-14-5-13(38)6-16(50-35-31(46)30(45)26(41)18(8-37)51-35)20(14)29(44)24-10(2)49-12(4)33(47)36(24,34)53-17/h5-7,9-12,18,24-26,30-31,33-35,37-41,45-47H,8H2,1-4H3. The Morgan fingerprint density at radius 3 is 2.17 bits per heavy atom. The number of ketones is 3. The molecule has 2 saturated heterocycles. The summed E-state index contributed by atoms with van der Waals surface area (Å²) in [7, 11) is 0. The highest BCUT2D eigenvalue weighted by molar-refractivity contribution is 6.30. The molecule has 0 bridgehead atoms. The zero-order chi connectivity index (χ0) is 38.2. The number of hydrogen-bond donors (Lipinski definition) is 8. The Morgan fingerprint density at radius 1 is 0.774 bits per heavy atom. The average Bonchev–Trinajstić information content (AvgIpc) is 3.10. The summed E-state index contributed by atoms with van der Waals surface area (Å²) in [5, 5.41) is 86.3. The van der Waals surface area contributed by atoms with Crippen LogP contribution in [0.25, 0.3) is 0 Å². The second-order valence-corrected chi connectivity index (χ2v) is 14.4. The van der Waals surface area contributed by atoms with Gasteiger partial charge in [0.1, 0.15) is 53.9 Å². The molecule has 0 radical (unpaired) electrons. The van der Waals surface area contributed by atoms with Gasteiger partial charge in [0.05, 0.1) is 53.6 Å². The molecule has 14 unspecified atom stereocenters. The smallest absolute Gasteiger partial charge is 0.229 e. The van der Waals surface area contributed by atoms with Crippen LogP contribution in [0.2, 0.25) is 0 Å². The largest absolute Gasteiger partial charge is 0.508 e. The number of aliphatic hydroxyl groups excluding tert-OH is 6. The number of Topliss-reactive ketones (excluding diaryl/α,β-unsaturated/α-hetero) is 3. The maximum Gasteiger partial charge on any atom is 0.229 e. The van der Waals surface area contributed by atoms with Crippen LogP contribution in [0.3, 0.4) is 0 Å². The van der Waals surface area contributed by atoms with Gasteiger partial charge in [0.2, 0.25) is 6.29 Å². The third kappa shape index (κ3) is 4.79. The molecule has 4 aliphatic heterocycles. The molecule has 4 heterocycles. The first-order valence-corrected chi connectivity index (χ1v) is 17.2. The fourth-order valence-corrected chi connectivity index (χ4v) is 8.84. The van der Waals surface area contributed by atoms with Gasteiger partial charge < -0.3 is 69.3 Å². The summed E-state index contributed by atoms with van der Waals surface area (Å²) < 4.78 is 36.2. The monoisotopic (exact) mass is 742 g/mol. The SMILES string of the molecule is CC1OC(C)C(O)C2=C1C(=O)c1c(O)cc3c(c1C2=O)OC1c2cc(O)cc(OC4OC(CO)C(O)C(O)C4O)c2C(=O)C2C(C)OC(C)C(O)C12O3. The number of benzene rings is 2. The topological polar surface area (TPSA) is 268 Å². The van der Waals surface area contributed by atoms with Crippen LogP contribution in [-0.2, 0) is 14.2 Å². The molecule has 0 aromatic heterocycles. The van der Waals surface area contributed by atoms with Crippen LogP contribution in [-0.4, -0.2) is 138 Å². The lowest BCUT2D eigenvalue weighted by molar-refractivity contribution is -0.277. The first-order chi connectivity index (χ1) is 25.0. The van der Waals surface area contributed by atoms with Gasteiger partial charge >= 0.3 is 0 Å². The highest BCUT2D eigenvalue weighted by Crippen LogP contribution is 2.61. The Balaban J connectivity index is 1.32. The summed E-state index contributed by atoms with van der Waals surface area (Å²) in [5.41, 5.74) is -3.68. The molecule has 1 spiro atoms. The summed E-state index contributed by atoms with van der Waals surface area (Å²) in [5.74, 6) is -6.00. The lowest BCUT2D eigenvalue weighted by Gasteiger charge is -2.58. The van der Waals surface area contributed by atoms with E-state index in [1.54, 1.807) is 6.92 Å². The molecule has 2 fully saturated rings. The molecule has 8 N–H and O–H groups in total. The molecular weight excluding hydrogens is 704 g/mol. The fraction of sp³-hybridized carbons (Fsp3) is 0.528. The van der Waals surface area contributed by atoms with E-state index >= 15 is 0 Å². The van der Waals surface area contributed by atoms with Gasteiger partial charge in [0.15, 0.2) is 40.6 Å². The number of carbonyl (C=O) groups is 3. The normalized spacial score (nSPS) is 40.1. The van der Waals surface area contributed by atoms with E-state index in [4.69, 9.17) is 28.4 Å². The minimum Gasteiger partial charge on any atom is -0.508 e. The molecule has 14 atom stereocenters. The van der Waals surface area contributed by atoms with Gasteiger partial charge in [-0.3, -0.25) is 14.4 Å². The first kappa shape index (κ1) is 35.8. The van der Waals surface area contributed by atoms with Crippen molar-refractivity contribution in [3.63, 3.8) is 0 Å². The summed E-state index contributed by atoms with van der Waals surface area (Å²) >= 11 is 0. The van der Waals surface area contributed by atoms with E-state index in [9.17, 15) is 55.2 Å². The van der Waals surface area contributed by atoms with E-state index < -0.39 is 132 Å². The van der Waals surface area contributed by atoms with Crippen molar-refractivity contribution < 1.29 is 83.7 Å². The second kappa shape index (κ2) is 12.2. The summed E-state index contributed by atoms with van der Waals surface area (Å²) in [6.45, 7) is 5.38. The highest BCUT2D eigenvalue weighted by atomic mass is 16.7. The van der Waals surface area contributed by atoms with Gasteiger partial charge in [-0.1, -0.05) is 0 Å². The lowest BCUT2D eigenvalue weighted by atomic mass is 9.62. The van der Waals surface area contributed by atoms with Crippen LogP contribution in [0.5, 0.6) is 28.7 Å². The Kier molecular flexibility index (Phi) is 8.23. The number of fused-ring (bicyclic) bond motifs is 5. The van der Waals surface area contributed by atoms with E-state index in [0.717, 1.165) is 18.2 Å². The van der Waals surface area contributed by atoms with Crippen molar-refractivity contribution >= 4 is 17.3 Å². The molecule has 17 heteroatoms. The van der Waals surface area contributed by atoms with Crippen molar-refractivity contribution in [1.29, 1.82) is 0 Å². The number of aromatic hydroxyl groups is 2. The molecular formula is C36H38O17. The molecule has 0 amide bonds. The molecule has 6 aliphatic rings. The number of ether oxygens (including phenoxy) is 6. The maximum absolute atomic E-state index is 14.7. The minimum atomic E-state index is -2.05. The summed E-state index contributed by atoms with van der Waals surface area (Å²) in [6, 6.07) is 3.21. The van der Waals surface area contributed by atoms with Crippen LogP contribution >= 0.6 is 0 Å². The van der Waals surface area contributed by atoms with Gasteiger partial charge in [-0.25, -0.2) is 0 Å². The molecule has 8 rings (SSSR count). The maximum atomic E-state index is 14.7. The van der Waals surface area contributed by atoms with E-state index in [-0.39, 0.29) is 39.5 Å². The van der Waals surface area contributed by atoms with Gasteiger partial charge in [0, 0.05) is 28.8 Å². The highest BCUT2D eigenvalue weighted by Gasteiger charge is 2.69. The predicted octanol–water partition coefficient (Wildman–Crippen LogP) is -0.648. The van der Waals surface area contributed by atoms with Crippen LogP contribution in [0, 0.1) is 5.92 Å². The molecule has 284 valence electrons. The predicted molar refractivity (Wildman–Crippen MR) is 173 cm³/mol. The van der Waals surface area contributed by atoms with Crippen molar-refractivity contribution in [2.45, 2.75) is 107 Å². The summed E-state index contributed by atoms with van der Waals surface area (Å²) in [6.07, 6.45) is -17.1. The van der Waals surface area contributed by atoms with Crippen molar-refractivity contribution in [1.82, 2.24) is 0 Å². The van der Waals surface area contributed by atoms with Crippen molar-refractivity contribution in [2.24, 2.45) is 5.92 Å². The number of rotatable bonds is 3. The zero-order valence-corrected chi connectivity index (χ0v) is 28.7. The van der Waals surface area contributed by atoms with E-state index in [1.165, 1.54) is 20.8 Å². The van der Waals surface area contributed by atoms with Crippen molar-refractivity contribution in [2.75, 3.05) is 6.61 Å². The number of carbonyl (C=O) groups excluding carboxylic acids is 3. The Hall–Kier alpha value is -4.17. The van der Waals surface area contributed by atoms with Gasteiger partial charge in [-0.05, 0) is 33.8 Å². The number of aliphatic hydroxyl groups is 6. The molecule has 53 heavy (non-hydrogen) atoms. The van der Waals surface area contributed by atoms with Crippen molar-refractivity contribution in [3.05, 3.63) is 51.6 Å². The second-order valence-electron chi connectivity index (χ2n) is 14.4. The minimum absolute atomic E-state index is 0.124. The third-order valence-electron chi connectivity index (χ3n) is 11.3. The quantitative estimate of drug-likeness (QED) is 0.194. The molecule has 17 nitrogen and oxygen atoms in total. The molecule has 0 saturated carbocycles. The van der Waals surface area contributed by atoms with E-state index in [0.29, 0.717) is 0 Å². The van der Waals surface area contributed by atoms with Crippen LogP contribution in [0.1, 0.15) is 70.4 Å². The Morgan fingerprint density at radius 2 is 1.47 bits per heavy atom. The van der Waals surface area contributed by atoms with Crippen molar-refractivity contribution in [3.8, 4) is 28.7 Å². The molecule has 2 aliphatic carbocycles. The zero-order valence-electron chi connectivity index (χ0n) is 28.7. The Bertz CT molecular complexity index is 1970. The average molecular weight is 743 g/mol. The number of phenolic OH excluding ortho intramolecular Hbond substituents is 2. The van der Waals surface area contributed by atoms with Gasteiger partial charge in [-0.2, -0.15) is 0 Å². The lowest BCUT2D eigenvalue weighted by Crippen LogP contribution is -2.72. The number of hydrogen-bond acceptors (Lipinski definition) is 17. The molecule has 2 aromatic carbocycles. The van der Waals surface area contributed by atoms with E-state index in [1.807, 2.05) is 0 Å². The van der Waals surface area contributed by atoms with Gasteiger partial charge in [0.25, 0.3) is 0 Å². The third-order valence-corrected chi connectivity index (χ3v) is 11.3. The van der Waals surface area contributed by atoms with Gasteiger partial charge in [-0.15, -0.1) is 0 Å². The summed E-state index contributed by atoms with van der Waals surface area (Å²) in [4.78, 5) is 43.0. The fourth-order valence-electron chi connectivity index (χ4n) is 8.84. The van der Waals surface area contributed by atoms with E-state index in [2.05, 4.69) is 0 Å².